The first-order chi connectivity index (χ1) is 9.85. The van der Waals surface area contributed by atoms with E-state index in [2.05, 4.69) is 11.8 Å². The van der Waals surface area contributed by atoms with Gasteiger partial charge in [-0.3, -0.25) is 4.79 Å². The second-order valence-electron chi connectivity index (χ2n) is 6.23. The quantitative estimate of drug-likeness (QED) is 0.808. The molecule has 21 heavy (non-hydrogen) atoms. The van der Waals surface area contributed by atoms with E-state index in [0.717, 1.165) is 32.5 Å². The van der Waals surface area contributed by atoms with Gasteiger partial charge in [-0.1, -0.05) is 20.8 Å². The van der Waals surface area contributed by atoms with Crippen molar-refractivity contribution in [2.24, 2.45) is 5.92 Å². The number of carboxylic acid groups (broad SMARTS) is 1. The predicted octanol–water partition coefficient (Wildman–Crippen LogP) is 1.57. The van der Waals surface area contributed by atoms with E-state index >= 15 is 0 Å². The molecular formula is C15H29N3O3. The van der Waals surface area contributed by atoms with Crippen LogP contribution >= 0.6 is 0 Å². The van der Waals surface area contributed by atoms with Crippen LogP contribution in [0.2, 0.25) is 0 Å². The molecule has 0 radical (unpaired) electrons. The van der Waals surface area contributed by atoms with Crippen LogP contribution in [-0.2, 0) is 4.79 Å². The summed E-state index contributed by atoms with van der Waals surface area (Å²) in [4.78, 5) is 29.0. The molecule has 0 aromatic heterocycles. The summed E-state index contributed by atoms with van der Waals surface area (Å²) < 4.78 is 0. The molecule has 0 atom stereocenters. The highest BCUT2D eigenvalue weighted by Crippen LogP contribution is 2.17. The van der Waals surface area contributed by atoms with Crippen molar-refractivity contribution < 1.29 is 14.7 Å². The molecule has 2 amide bonds. The lowest BCUT2D eigenvalue weighted by molar-refractivity contribution is -0.137. The summed E-state index contributed by atoms with van der Waals surface area (Å²) in [6.45, 7) is 9.42. The van der Waals surface area contributed by atoms with Crippen LogP contribution in [0.4, 0.5) is 4.79 Å². The van der Waals surface area contributed by atoms with E-state index in [1.54, 1.807) is 11.9 Å². The van der Waals surface area contributed by atoms with Gasteiger partial charge in [-0.25, -0.2) is 4.79 Å². The minimum atomic E-state index is -0.960. The Balaban J connectivity index is 2.62. The lowest BCUT2D eigenvalue weighted by atomic mass is 10.0. The Kier molecular flexibility index (Phi) is 6.95. The molecule has 0 saturated carbocycles. The molecule has 1 saturated heterocycles. The number of hydrogen-bond donors (Lipinski definition) is 1. The number of nitrogens with zero attached hydrogens (tertiary/aromatic N) is 3. The highest BCUT2D eigenvalue weighted by molar-refractivity contribution is 5.80. The fraction of sp³-hybridized carbons (Fsp3) is 0.867. The van der Waals surface area contributed by atoms with Gasteiger partial charge in [0.1, 0.15) is 6.54 Å². The third-order valence-corrected chi connectivity index (χ3v) is 4.04. The average molecular weight is 299 g/mol. The van der Waals surface area contributed by atoms with Gasteiger partial charge in [0.05, 0.1) is 0 Å². The fourth-order valence-corrected chi connectivity index (χ4v) is 2.82. The van der Waals surface area contributed by atoms with Gasteiger partial charge in [-0.2, -0.15) is 0 Å². The first-order valence-electron chi connectivity index (χ1n) is 7.81. The summed E-state index contributed by atoms with van der Waals surface area (Å²) in [6, 6.07) is 0.0461. The van der Waals surface area contributed by atoms with E-state index < -0.39 is 5.97 Å². The van der Waals surface area contributed by atoms with Crippen LogP contribution in [0.15, 0.2) is 0 Å². The molecule has 0 aromatic carbocycles. The minimum Gasteiger partial charge on any atom is -0.480 e. The first kappa shape index (κ1) is 17.8. The molecule has 6 nitrogen and oxygen atoms in total. The average Bonchev–Trinajstić information content (AvgIpc) is 2.44. The maximum absolute atomic E-state index is 12.5. The molecule has 122 valence electrons. The largest absolute Gasteiger partial charge is 0.480 e. The monoisotopic (exact) mass is 299 g/mol. The number of piperidine rings is 1. The van der Waals surface area contributed by atoms with Gasteiger partial charge in [0, 0.05) is 32.7 Å². The normalized spacial score (nSPS) is 17.0. The molecule has 1 fully saturated rings. The van der Waals surface area contributed by atoms with Crippen molar-refractivity contribution >= 4 is 12.0 Å². The fourth-order valence-electron chi connectivity index (χ4n) is 2.82. The van der Waals surface area contributed by atoms with Crippen molar-refractivity contribution in [3.63, 3.8) is 0 Å². The molecule has 1 rings (SSSR count). The van der Waals surface area contributed by atoms with Crippen molar-refractivity contribution in [1.29, 1.82) is 0 Å². The molecule has 0 spiro atoms. The number of rotatable bonds is 6. The number of amides is 2. The maximum atomic E-state index is 12.5. The van der Waals surface area contributed by atoms with Crippen LogP contribution in [0.1, 0.15) is 33.6 Å². The molecule has 0 bridgehead atoms. The predicted molar refractivity (Wildman–Crippen MR) is 82.3 cm³/mol. The zero-order valence-corrected chi connectivity index (χ0v) is 13.7. The van der Waals surface area contributed by atoms with Crippen molar-refractivity contribution in [3.05, 3.63) is 0 Å². The zero-order chi connectivity index (χ0) is 16.0. The van der Waals surface area contributed by atoms with Gasteiger partial charge in [0.2, 0.25) is 0 Å². The highest BCUT2D eigenvalue weighted by atomic mass is 16.4. The maximum Gasteiger partial charge on any atom is 0.323 e. The summed E-state index contributed by atoms with van der Waals surface area (Å²) in [5.74, 6) is -0.707. The van der Waals surface area contributed by atoms with Gasteiger partial charge in [-0.05, 0) is 25.3 Å². The zero-order valence-electron chi connectivity index (χ0n) is 13.7. The number of aliphatic carboxylic acids is 1. The summed E-state index contributed by atoms with van der Waals surface area (Å²) >= 11 is 0. The van der Waals surface area contributed by atoms with Crippen LogP contribution in [0, 0.1) is 5.92 Å². The van der Waals surface area contributed by atoms with Gasteiger partial charge in [0.15, 0.2) is 0 Å². The van der Waals surface area contributed by atoms with Crippen LogP contribution in [0.3, 0.4) is 0 Å². The standard InChI is InChI=1S/C15H29N3O3/c1-5-17-8-6-13(7-9-17)16(4)15(21)18(10-12(2)3)11-14(19)20/h12-13H,5-11H2,1-4H3,(H,19,20). The number of urea groups is 1. The molecule has 0 aromatic rings. The number of hydrogen-bond acceptors (Lipinski definition) is 3. The Morgan fingerprint density at radius 2 is 1.86 bits per heavy atom. The smallest absolute Gasteiger partial charge is 0.323 e. The molecule has 0 unspecified atom stereocenters. The Bertz CT molecular complexity index is 352. The molecule has 1 heterocycles. The first-order valence-corrected chi connectivity index (χ1v) is 7.81. The Morgan fingerprint density at radius 1 is 1.29 bits per heavy atom. The van der Waals surface area contributed by atoms with Crippen LogP contribution in [0.5, 0.6) is 0 Å². The second kappa shape index (κ2) is 8.22. The molecular weight excluding hydrogens is 270 g/mol. The molecule has 6 heteroatoms. The number of likely N-dealkylation sites (tertiary alicyclic amines) is 1. The van der Waals surface area contributed by atoms with Crippen molar-refractivity contribution in [2.75, 3.05) is 39.8 Å². The van der Waals surface area contributed by atoms with E-state index in [1.807, 2.05) is 13.8 Å². The van der Waals surface area contributed by atoms with Gasteiger partial charge in [0.25, 0.3) is 0 Å². The Hall–Kier alpha value is -1.30. The van der Waals surface area contributed by atoms with Gasteiger partial charge >= 0.3 is 12.0 Å². The van der Waals surface area contributed by atoms with E-state index in [9.17, 15) is 9.59 Å². The molecule has 1 aliphatic rings. The number of carbonyl (C=O) groups excluding carboxylic acids is 1. The third-order valence-electron chi connectivity index (χ3n) is 4.04. The number of carbonyl (C=O) groups is 2. The topological polar surface area (TPSA) is 64.1 Å². The second-order valence-corrected chi connectivity index (χ2v) is 6.23. The number of carboxylic acids is 1. The van der Waals surface area contributed by atoms with E-state index in [4.69, 9.17) is 5.11 Å². The lowest BCUT2D eigenvalue weighted by Crippen LogP contribution is -2.51. The van der Waals surface area contributed by atoms with E-state index in [0.29, 0.717) is 6.54 Å². The summed E-state index contributed by atoms with van der Waals surface area (Å²) in [7, 11) is 1.80. The van der Waals surface area contributed by atoms with Crippen molar-refractivity contribution in [2.45, 2.75) is 39.7 Å². The summed E-state index contributed by atoms with van der Waals surface area (Å²) in [5.41, 5.74) is 0. The summed E-state index contributed by atoms with van der Waals surface area (Å²) in [5, 5.41) is 8.99. The van der Waals surface area contributed by atoms with Crippen molar-refractivity contribution in [3.8, 4) is 0 Å². The Morgan fingerprint density at radius 3 is 2.29 bits per heavy atom. The molecule has 0 aliphatic carbocycles. The Labute approximate surface area is 127 Å². The third kappa shape index (κ3) is 5.53. The van der Waals surface area contributed by atoms with Crippen LogP contribution < -0.4 is 0 Å². The van der Waals surface area contributed by atoms with E-state index in [1.165, 1.54) is 4.90 Å². The van der Waals surface area contributed by atoms with Crippen LogP contribution in [-0.4, -0.2) is 77.6 Å². The molecule has 1 aliphatic heterocycles. The van der Waals surface area contributed by atoms with Crippen molar-refractivity contribution in [1.82, 2.24) is 14.7 Å². The molecule has 1 N–H and O–H groups in total. The van der Waals surface area contributed by atoms with Gasteiger partial charge in [-0.15, -0.1) is 0 Å². The van der Waals surface area contributed by atoms with Crippen LogP contribution in [0.25, 0.3) is 0 Å². The SMILES string of the molecule is CCN1CCC(N(C)C(=O)N(CC(=O)O)CC(C)C)CC1. The summed E-state index contributed by atoms with van der Waals surface area (Å²) in [6.07, 6.45) is 1.91. The highest BCUT2D eigenvalue weighted by Gasteiger charge is 2.28. The van der Waals surface area contributed by atoms with E-state index in [-0.39, 0.29) is 24.5 Å². The lowest BCUT2D eigenvalue weighted by Gasteiger charge is -2.38. The van der Waals surface area contributed by atoms with Gasteiger partial charge < -0.3 is 19.8 Å². The minimum absolute atomic E-state index is 0.166.